The molecular formula is C25H30N4O3. The Hall–Kier alpha value is -3.22. The van der Waals surface area contributed by atoms with Crippen LogP contribution in [0.3, 0.4) is 0 Å². The maximum Gasteiger partial charge on any atom is 0.162 e. The van der Waals surface area contributed by atoms with Crippen LogP contribution >= 0.6 is 0 Å². The Balaban J connectivity index is 1.45. The average Bonchev–Trinajstić information content (AvgIpc) is 2.81. The molecule has 3 aromatic rings. The lowest BCUT2D eigenvalue weighted by Gasteiger charge is -2.37. The summed E-state index contributed by atoms with van der Waals surface area (Å²) >= 11 is 0. The smallest absolute Gasteiger partial charge is 0.162 e. The fraction of sp³-hybridized carbons (Fsp3) is 0.440. The number of anilines is 2. The van der Waals surface area contributed by atoms with Gasteiger partial charge in [0.1, 0.15) is 17.4 Å². The molecule has 2 fully saturated rings. The zero-order chi connectivity index (χ0) is 22.1. The molecule has 0 N–H and O–H groups in total. The fourth-order valence-corrected chi connectivity index (χ4v) is 4.52. The minimum absolute atomic E-state index is 0.465. The van der Waals surface area contributed by atoms with Crippen molar-refractivity contribution in [1.29, 1.82) is 0 Å². The first-order chi connectivity index (χ1) is 15.7. The number of benzene rings is 2. The fourth-order valence-electron chi connectivity index (χ4n) is 4.52. The van der Waals surface area contributed by atoms with E-state index in [2.05, 4.69) is 21.9 Å². The zero-order valence-corrected chi connectivity index (χ0v) is 19.0. The second-order valence-electron chi connectivity index (χ2n) is 8.43. The molecule has 5 rings (SSSR count). The van der Waals surface area contributed by atoms with Gasteiger partial charge in [-0.3, -0.25) is 0 Å². The topological polar surface area (TPSA) is 60.0 Å². The SMILES string of the molecule is COc1ccc(N2CCN(c3nc(C4CCC4)nc4cc(OC)c(OC)cc34)CC2)cc1. The summed E-state index contributed by atoms with van der Waals surface area (Å²) in [7, 11) is 5.03. The third-order valence-electron chi connectivity index (χ3n) is 6.69. The third-order valence-corrected chi connectivity index (χ3v) is 6.69. The van der Waals surface area contributed by atoms with Crippen molar-refractivity contribution in [3.63, 3.8) is 0 Å². The Bertz CT molecular complexity index is 1090. The number of ether oxygens (including phenoxy) is 3. The number of rotatable bonds is 6. The second kappa shape index (κ2) is 8.73. The van der Waals surface area contributed by atoms with Gasteiger partial charge in [0.25, 0.3) is 0 Å². The number of nitrogens with zero attached hydrogens (tertiary/aromatic N) is 4. The molecule has 0 unspecified atom stereocenters. The lowest BCUT2D eigenvalue weighted by molar-refractivity contribution is 0.355. The van der Waals surface area contributed by atoms with Gasteiger partial charge in [-0.05, 0) is 43.2 Å². The van der Waals surface area contributed by atoms with Crippen LogP contribution in [0.4, 0.5) is 11.5 Å². The summed E-state index contributed by atoms with van der Waals surface area (Å²) in [5.41, 5.74) is 2.15. The Kier molecular flexibility index (Phi) is 5.64. The predicted octanol–water partition coefficient (Wildman–Crippen LogP) is 4.25. The molecule has 2 aromatic carbocycles. The van der Waals surface area contributed by atoms with Gasteiger partial charge >= 0.3 is 0 Å². The summed E-state index contributed by atoms with van der Waals surface area (Å²) in [6.07, 6.45) is 3.60. The molecule has 1 aliphatic heterocycles. The molecule has 7 heteroatoms. The minimum atomic E-state index is 0.465. The monoisotopic (exact) mass is 434 g/mol. The molecule has 1 aliphatic carbocycles. The van der Waals surface area contributed by atoms with Gasteiger partial charge in [-0.25, -0.2) is 9.97 Å². The number of piperazine rings is 1. The second-order valence-corrected chi connectivity index (χ2v) is 8.43. The molecule has 32 heavy (non-hydrogen) atoms. The number of hydrogen-bond donors (Lipinski definition) is 0. The van der Waals surface area contributed by atoms with E-state index < -0.39 is 0 Å². The summed E-state index contributed by atoms with van der Waals surface area (Å²) in [6.45, 7) is 3.67. The van der Waals surface area contributed by atoms with Crippen LogP contribution in [0, 0.1) is 0 Å². The third kappa shape index (κ3) is 3.76. The lowest BCUT2D eigenvalue weighted by Crippen LogP contribution is -2.47. The molecule has 0 radical (unpaired) electrons. The van der Waals surface area contributed by atoms with Gasteiger partial charge in [-0.1, -0.05) is 6.42 Å². The van der Waals surface area contributed by atoms with E-state index in [1.807, 2.05) is 24.3 Å². The largest absolute Gasteiger partial charge is 0.497 e. The van der Waals surface area contributed by atoms with Crippen molar-refractivity contribution in [3.05, 3.63) is 42.2 Å². The highest BCUT2D eigenvalue weighted by atomic mass is 16.5. The molecule has 0 amide bonds. The van der Waals surface area contributed by atoms with E-state index in [1.54, 1.807) is 21.3 Å². The van der Waals surface area contributed by atoms with Crippen LogP contribution < -0.4 is 24.0 Å². The summed E-state index contributed by atoms with van der Waals surface area (Å²) in [5.74, 6) is 4.72. The molecule has 0 spiro atoms. The van der Waals surface area contributed by atoms with Crippen molar-refractivity contribution in [1.82, 2.24) is 9.97 Å². The highest BCUT2D eigenvalue weighted by molar-refractivity contribution is 5.92. The molecule has 168 valence electrons. The summed E-state index contributed by atoms with van der Waals surface area (Å²) in [4.78, 5) is 14.8. The predicted molar refractivity (Wildman–Crippen MR) is 127 cm³/mol. The number of aromatic nitrogens is 2. The van der Waals surface area contributed by atoms with Gasteiger partial charge in [0.05, 0.1) is 26.8 Å². The van der Waals surface area contributed by atoms with Crippen molar-refractivity contribution in [2.24, 2.45) is 0 Å². The molecule has 1 aromatic heterocycles. The maximum atomic E-state index is 5.57. The van der Waals surface area contributed by atoms with Crippen LogP contribution in [0.15, 0.2) is 36.4 Å². The molecule has 0 atom stereocenters. The minimum Gasteiger partial charge on any atom is -0.497 e. The van der Waals surface area contributed by atoms with E-state index >= 15 is 0 Å². The molecule has 2 heterocycles. The highest BCUT2D eigenvalue weighted by Crippen LogP contribution is 2.40. The van der Waals surface area contributed by atoms with Crippen LogP contribution in [-0.4, -0.2) is 57.5 Å². The quantitative estimate of drug-likeness (QED) is 0.575. The van der Waals surface area contributed by atoms with Crippen molar-refractivity contribution in [2.45, 2.75) is 25.2 Å². The van der Waals surface area contributed by atoms with E-state index in [0.29, 0.717) is 17.4 Å². The molecule has 1 saturated heterocycles. The molecule has 1 saturated carbocycles. The maximum absolute atomic E-state index is 5.57. The van der Waals surface area contributed by atoms with Gasteiger partial charge in [-0.15, -0.1) is 0 Å². The van der Waals surface area contributed by atoms with Crippen molar-refractivity contribution < 1.29 is 14.2 Å². The first kappa shape index (κ1) is 20.7. The Morgan fingerprint density at radius 2 is 1.44 bits per heavy atom. The van der Waals surface area contributed by atoms with E-state index in [0.717, 1.165) is 54.5 Å². The van der Waals surface area contributed by atoms with Crippen LogP contribution in [-0.2, 0) is 0 Å². The number of fused-ring (bicyclic) bond motifs is 1. The summed E-state index contributed by atoms with van der Waals surface area (Å²) in [5, 5.41) is 1.02. The van der Waals surface area contributed by atoms with E-state index in [-0.39, 0.29) is 0 Å². The molecule has 2 aliphatic rings. The van der Waals surface area contributed by atoms with E-state index in [9.17, 15) is 0 Å². The average molecular weight is 435 g/mol. The standard InChI is InChI=1S/C25H30N4O3/c1-30-19-9-7-18(8-10-19)28-11-13-29(14-12-28)25-20-15-22(31-2)23(32-3)16-21(20)26-24(27-25)17-5-4-6-17/h7-10,15-17H,4-6,11-14H2,1-3H3. The van der Waals surface area contributed by atoms with E-state index in [1.165, 1.54) is 24.9 Å². The first-order valence-electron chi connectivity index (χ1n) is 11.3. The van der Waals surface area contributed by atoms with Crippen molar-refractivity contribution in [2.75, 3.05) is 57.3 Å². The van der Waals surface area contributed by atoms with Crippen LogP contribution in [0.1, 0.15) is 31.0 Å². The lowest BCUT2D eigenvalue weighted by atomic mass is 9.85. The first-order valence-corrected chi connectivity index (χ1v) is 11.3. The van der Waals surface area contributed by atoms with Gasteiger partial charge in [0, 0.05) is 49.2 Å². The van der Waals surface area contributed by atoms with Crippen LogP contribution in [0.2, 0.25) is 0 Å². The van der Waals surface area contributed by atoms with Gasteiger partial charge in [-0.2, -0.15) is 0 Å². The zero-order valence-electron chi connectivity index (χ0n) is 19.0. The van der Waals surface area contributed by atoms with Crippen LogP contribution in [0.25, 0.3) is 10.9 Å². The Morgan fingerprint density at radius 3 is 2.03 bits per heavy atom. The Labute approximate surface area is 188 Å². The van der Waals surface area contributed by atoms with Crippen molar-refractivity contribution in [3.8, 4) is 17.2 Å². The van der Waals surface area contributed by atoms with Gasteiger partial charge in [0.15, 0.2) is 11.5 Å². The summed E-state index contributed by atoms with van der Waals surface area (Å²) in [6, 6.07) is 12.3. The number of hydrogen-bond acceptors (Lipinski definition) is 7. The highest BCUT2D eigenvalue weighted by Gasteiger charge is 2.27. The van der Waals surface area contributed by atoms with Crippen LogP contribution in [0.5, 0.6) is 17.2 Å². The van der Waals surface area contributed by atoms with Crippen molar-refractivity contribution >= 4 is 22.4 Å². The molecule has 7 nitrogen and oxygen atoms in total. The number of methoxy groups -OCH3 is 3. The molecular weight excluding hydrogens is 404 g/mol. The van der Waals surface area contributed by atoms with E-state index in [4.69, 9.17) is 24.2 Å². The van der Waals surface area contributed by atoms with Gasteiger partial charge < -0.3 is 24.0 Å². The Morgan fingerprint density at radius 1 is 0.781 bits per heavy atom. The summed E-state index contributed by atoms with van der Waals surface area (Å²) < 4.78 is 16.4. The normalized spacial score (nSPS) is 16.7. The molecule has 0 bridgehead atoms. The van der Waals surface area contributed by atoms with Gasteiger partial charge in [0.2, 0.25) is 0 Å².